The Morgan fingerprint density at radius 2 is 1.37 bits per heavy atom. The summed E-state index contributed by atoms with van der Waals surface area (Å²) < 4.78 is 99.0. The van der Waals surface area contributed by atoms with E-state index in [0.29, 0.717) is 50.3 Å². The number of anilines is 4. The smallest absolute Gasteiger partial charge is 0.355 e. The van der Waals surface area contributed by atoms with Crippen LogP contribution in [0.15, 0.2) is 125 Å². The predicted molar refractivity (Wildman–Crippen MR) is 204 cm³/mol. The lowest BCUT2D eigenvalue weighted by Crippen LogP contribution is -2.27. The highest BCUT2D eigenvalue weighted by Crippen LogP contribution is 2.38. The molecule has 12 nitrogen and oxygen atoms in total. The van der Waals surface area contributed by atoms with Crippen LogP contribution in [-0.2, 0) is 33.6 Å². The van der Waals surface area contributed by atoms with Crippen molar-refractivity contribution in [3.05, 3.63) is 115 Å². The number of alkyl halides is 3. The highest BCUT2D eigenvalue weighted by atomic mass is 35.5. The zero-order chi connectivity index (χ0) is 38.7. The summed E-state index contributed by atoms with van der Waals surface area (Å²) in [5.41, 5.74) is -0.342. The number of aryl methyl sites for hydroxylation is 1. The van der Waals surface area contributed by atoms with E-state index in [-0.39, 0.29) is 39.5 Å². The second-order valence-electron chi connectivity index (χ2n) is 11.8. The van der Waals surface area contributed by atoms with Gasteiger partial charge in [-0.05, 0) is 97.7 Å². The maximum atomic E-state index is 13.5. The summed E-state index contributed by atoms with van der Waals surface area (Å²) in [6.45, 7) is 0.157. The number of benzene rings is 4. The van der Waals surface area contributed by atoms with Gasteiger partial charge in [0.25, 0.3) is 0 Å². The van der Waals surface area contributed by atoms with Crippen LogP contribution in [0.5, 0.6) is 0 Å². The zero-order valence-corrected chi connectivity index (χ0v) is 31.7. The van der Waals surface area contributed by atoms with E-state index >= 15 is 0 Å². The Kier molecular flexibility index (Phi) is 11.4. The third-order valence-electron chi connectivity index (χ3n) is 7.89. The Bertz CT molecular complexity index is 2510. The summed E-state index contributed by atoms with van der Waals surface area (Å²) in [5.74, 6) is 0. The van der Waals surface area contributed by atoms with Crippen molar-refractivity contribution in [1.29, 1.82) is 0 Å². The zero-order valence-electron chi connectivity index (χ0n) is 28.5. The van der Waals surface area contributed by atoms with Gasteiger partial charge in [-0.3, -0.25) is 0 Å². The molecule has 0 aliphatic rings. The number of thioether (sulfide) groups is 1. The van der Waals surface area contributed by atoms with Gasteiger partial charge < -0.3 is 19.8 Å². The molecule has 6 aromatic rings. The summed E-state index contributed by atoms with van der Waals surface area (Å²) in [6.07, 6.45) is 6.50. The number of sulfonamides is 2. The number of hydrogen-bond donors (Lipinski definition) is 4. The van der Waals surface area contributed by atoms with Crippen LogP contribution < -0.4 is 20.1 Å². The molecule has 4 aromatic carbocycles. The van der Waals surface area contributed by atoms with Crippen LogP contribution in [0.2, 0.25) is 5.02 Å². The molecule has 0 spiro atoms. The van der Waals surface area contributed by atoms with Crippen LogP contribution in [0.4, 0.5) is 35.9 Å². The largest absolute Gasteiger partial charge is 0.446 e. The highest BCUT2D eigenvalue weighted by Gasteiger charge is 2.29. The van der Waals surface area contributed by atoms with Crippen molar-refractivity contribution in [3.8, 4) is 22.5 Å². The molecule has 2 aromatic heterocycles. The van der Waals surface area contributed by atoms with Gasteiger partial charge in [0.1, 0.15) is 0 Å². The summed E-state index contributed by atoms with van der Waals surface area (Å²) >= 11 is 5.93. The van der Waals surface area contributed by atoms with Gasteiger partial charge in [0.15, 0.2) is 0 Å². The van der Waals surface area contributed by atoms with E-state index < -0.39 is 25.6 Å². The molecule has 0 aliphatic carbocycles. The standard InChI is InChI=1S/C35H32ClF3N8O4S3/c1-40-53(48,49)27-10-12-31(44-24-6-8-26(9-7-24)52-35(37,38)39)30(17-27)34-20-47(22-42-34)15-14-43-54(50,51)28-11-13-32(45-25-5-3-4-23(36)16-25)29(18-28)33-19-46(2)21-41-33/h3-13,16-22,40,43-45H,14-15H2,1-2H3. The SMILES string of the molecule is CNS(=O)(=O)c1ccc(Nc2ccc(SC(F)(F)F)cc2)c(-c2cn(CCNS(=O)(=O)c3ccc(Nc4cccc(Cl)c4)c(-c4cn(C)cn4)c3)cn2)c1. The summed E-state index contributed by atoms with van der Waals surface area (Å²) in [4.78, 5) is 8.85. The van der Waals surface area contributed by atoms with Gasteiger partial charge in [-0.15, -0.1) is 0 Å². The molecule has 2 heterocycles. The van der Waals surface area contributed by atoms with Crippen LogP contribution in [-0.4, -0.2) is 55.0 Å². The summed E-state index contributed by atoms with van der Waals surface area (Å²) in [6, 6.07) is 21.7. The first-order valence-corrected chi connectivity index (χ1v) is 20.1. The molecule has 0 unspecified atom stereocenters. The first kappa shape index (κ1) is 38.9. The molecule has 0 saturated heterocycles. The minimum atomic E-state index is -4.43. The van der Waals surface area contributed by atoms with Crippen molar-refractivity contribution in [3.63, 3.8) is 0 Å². The lowest BCUT2D eigenvalue weighted by molar-refractivity contribution is -0.0328. The average molecular weight is 817 g/mol. The van der Waals surface area contributed by atoms with Crippen LogP contribution in [0.3, 0.4) is 0 Å². The minimum Gasteiger partial charge on any atom is -0.355 e. The number of halogens is 4. The van der Waals surface area contributed by atoms with Gasteiger partial charge in [0.2, 0.25) is 20.0 Å². The van der Waals surface area contributed by atoms with Crippen LogP contribution in [0, 0.1) is 0 Å². The maximum absolute atomic E-state index is 13.5. The Labute approximate surface area is 318 Å². The van der Waals surface area contributed by atoms with E-state index in [2.05, 4.69) is 30.0 Å². The lowest BCUT2D eigenvalue weighted by atomic mass is 10.1. The quantitative estimate of drug-likeness (QED) is 0.0816. The molecular weight excluding hydrogens is 785 g/mol. The molecular formula is C35H32ClF3N8O4S3. The molecule has 0 radical (unpaired) electrons. The van der Waals surface area contributed by atoms with E-state index in [0.717, 1.165) is 0 Å². The van der Waals surface area contributed by atoms with Crippen molar-refractivity contribution in [2.24, 2.45) is 7.05 Å². The van der Waals surface area contributed by atoms with Gasteiger partial charge >= 0.3 is 5.51 Å². The second kappa shape index (κ2) is 15.9. The van der Waals surface area contributed by atoms with E-state index in [9.17, 15) is 30.0 Å². The molecule has 4 N–H and O–H groups in total. The topological polar surface area (TPSA) is 152 Å². The molecule has 0 atom stereocenters. The molecule has 0 bridgehead atoms. The van der Waals surface area contributed by atoms with E-state index in [4.69, 9.17) is 11.6 Å². The lowest BCUT2D eigenvalue weighted by Gasteiger charge is -2.14. The monoisotopic (exact) mass is 816 g/mol. The fourth-order valence-corrected chi connectivity index (χ4v) is 7.86. The first-order chi connectivity index (χ1) is 25.6. The number of imidazole rings is 2. The third kappa shape index (κ3) is 9.62. The number of hydrogen-bond acceptors (Lipinski definition) is 9. The molecule has 0 fully saturated rings. The van der Waals surface area contributed by atoms with E-state index in [1.54, 1.807) is 52.1 Å². The van der Waals surface area contributed by atoms with Gasteiger partial charge in [-0.2, -0.15) is 13.2 Å². The van der Waals surface area contributed by atoms with Crippen molar-refractivity contribution < 1.29 is 30.0 Å². The molecule has 0 aliphatic heterocycles. The Morgan fingerprint density at radius 3 is 1.96 bits per heavy atom. The van der Waals surface area contributed by atoms with Gasteiger partial charge in [0, 0.05) is 76.3 Å². The van der Waals surface area contributed by atoms with Gasteiger partial charge in [-0.1, -0.05) is 17.7 Å². The first-order valence-electron chi connectivity index (χ1n) is 16.0. The minimum absolute atomic E-state index is 0.00887. The summed E-state index contributed by atoms with van der Waals surface area (Å²) in [7, 11) is -4.74. The van der Waals surface area contributed by atoms with Crippen molar-refractivity contribution in [2.75, 3.05) is 24.2 Å². The van der Waals surface area contributed by atoms with Crippen molar-refractivity contribution >= 4 is 66.2 Å². The van der Waals surface area contributed by atoms with Gasteiger partial charge in [0.05, 0.1) is 33.8 Å². The molecule has 0 amide bonds. The number of nitrogens with zero attached hydrogens (tertiary/aromatic N) is 4. The molecule has 0 saturated carbocycles. The fourth-order valence-electron chi connectivity index (χ4n) is 5.32. The van der Waals surface area contributed by atoms with E-state index in [1.807, 2.05) is 13.1 Å². The molecule has 282 valence electrons. The van der Waals surface area contributed by atoms with Crippen LogP contribution in [0.25, 0.3) is 22.5 Å². The molecule has 19 heteroatoms. The summed E-state index contributed by atoms with van der Waals surface area (Å²) in [5, 5.41) is 6.94. The Balaban J connectivity index is 1.20. The van der Waals surface area contributed by atoms with Crippen molar-refractivity contribution in [2.45, 2.75) is 26.7 Å². The second-order valence-corrected chi connectivity index (χ2v) is 17.0. The van der Waals surface area contributed by atoms with E-state index in [1.165, 1.54) is 68.0 Å². The number of rotatable bonds is 14. The fraction of sp³-hybridized carbons (Fsp3) is 0.143. The highest BCUT2D eigenvalue weighted by molar-refractivity contribution is 8.00. The van der Waals surface area contributed by atoms with Gasteiger partial charge in [-0.25, -0.2) is 36.2 Å². The average Bonchev–Trinajstić information content (AvgIpc) is 3.78. The van der Waals surface area contributed by atoms with Crippen molar-refractivity contribution in [1.82, 2.24) is 28.5 Å². The number of nitrogens with one attached hydrogen (secondary N) is 4. The Hall–Kier alpha value is -4.85. The number of aromatic nitrogens is 4. The predicted octanol–water partition coefficient (Wildman–Crippen LogP) is 7.59. The molecule has 6 rings (SSSR count). The van der Waals surface area contributed by atoms with Crippen LogP contribution in [0.1, 0.15) is 0 Å². The normalized spacial score (nSPS) is 12.2. The maximum Gasteiger partial charge on any atom is 0.446 e. The van der Waals surface area contributed by atoms with Crippen LogP contribution >= 0.6 is 23.4 Å². The molecule has 54 heavy (non-hydrogen) atoms. The Morgan fingerprint density at radius 1 is 0.759 bits per heavy atom. The third-order valence-corrected chi connectivity index (χ3v) is 11.7.